The van der Waals surface area contributed by atoms with Gasteiger partial charge >= 0.3 is 0 Å². The second-order valence-corrected chi connectivity index (χ2v) is 5.53. The number of hydrogen-bond acceptors (Lipinski definition) is 3. The van der Waals surface area contributed by atoms with Gasteiger partial charge in [-0.1, -0.05) is 6.58 Å². The Morgan fingerprint density at radius 2 is 2.14 bits per heavy atom. The number of aromatic nitrogens is 2. The van der Waals surface area contributed by atoms with Gasteiger partial charge in [-0.25, -0.2) is 9.07 Å². The third-order valence-corrected chi connectivity index (χ3v) is 3.36. The first kappa shape index (κ1) is 15.2. The monoisotopic (exact) mass is 294 g/mol. The van der Waals surface area contributed by atoms with Crippen LogP contribution in [0.15, 0.2) is 18.7 Å². The molecule has 1 saturated heterocycles. The van der Waals surface area contributed by atoms with Crippen molar-refractivity contribution in [2.45, 2.75) is 32.5 Å². The lowest BCUT2D eigenvalue weighted by molar-refractivity contribution is -0.150. The molecule has 0 unspecified atom stereocenters. The molecule has 1 aromatic heterocycles. The van der Waals surface area contributed by atoms with E-state index in [1.54, 1.807) is 17.7 Å². The summed E-state index contributed by atoms with van der Waals surface area (Å²) in [6, 6.07) is 1.73. The first-order chi connectivity index (χ1) is 9.76. The molecule has 21 heavy (non-hydrogen) atoms. The second kappa shape index (κ2) is 5.31. The third-order valence-electron chi connectivity index (χ3n) is 3.36. The summed E-state index contributed by atoms with van der Waals surface area (Å²) >= 11 is 0. The van der Waals surface area contributed by atoms with Gasteiger partial charge in [-0.2, -0.15) is 5.10 Å². The smallest absolute Gasteiger partial charge is 0.266 e. The van der Waals surface area contributed by atoms with E-state index in [2.05, 4.69) is 17.0 Å². The molecule has 0 radical (unpaired) electrons. The zero-order valence-electron chi connectivity index (χ0n) is 12.4. The van der Waals surface area contributed by atoms with Crippen LogP contribution >= 0.6 is 0 Å². The molecule has 114 valence electrons. The van der Waals surface area contributed by atoms with Gasteiger partial charge in [-0.15, -0.1) is 0 Å². The van der Waals surface area contributed by atoms with Crippen LogP contribution in [-0.4, -0.2) is 45.3 Å². The highest BCUT2D eigenvalue weighted by atomic mass is 19.1. The summed E-state index contributed by atoms with van der Waals surface area (Å²) in [4.78, 5) is 24.6. The molecule has 1 fully saturated rings. The minimum atomic E-state index is -2.06. The summed E-state index contributed by atoms with van der Waals surface area (Å²) in [6.07, 6.45) is 1.11. The van der Waals surface area contributed by atoms with Crippen LogP contribution in [0.5, 0.6) is 0 Å². The number of alkyl halides is 1. The minimum Gasteiger partial charge on any atom is -0.331 e. The number of carbonyl (C=O) groups excluding carboxylic acids is 2. The van der Waals surface area contributed by atoms with Crippen LogP contribution in [0, 0.1) is 6.92 Å². The van der Waals surface area contributed by atoms with Gasteiger partial charge in [0.25, 0.3) is 5.91 Å². The Labute approximate surface area is 122 Å². The summed E-state index contributed by atoms with van der Waals surface area (Å²) in [7, 11) is 0. The van der Waals surface area contributed by atoms with Crippen molar-refractivity contribution in [1.82, 2.24) is 14.7 Å². The molecule has 2 heterocycles. The number of nitrogens with zero attached hydrogens (tertiary/aromatic N) is 3. The average Bonchev–Trinajstić information content (AvgIpc) is 2.75. The lowest BCUT2D eigenvalue weighted by atomic mass is 9.95. The van der Waals surface area contributed by atoms with Crippen molar-refractivity contribution >= 4 is 17.6 Å². The van der Waals surface area contributed by atoms with Gasteiger partial charge in [0.05, 0.1) is 18.8 Å². The van der Waals surface area contributed by atoms with E-state index < -0.39 is 11.6 Å². The molecule has 1 aliphatic rings. The first-order valence-corrected chi connectivity index (χ1v) is 6.74. The Morgan fingerprint density at radius 3 is 2.67 bits per heavy atom. The standard InChI is InChI=1S/C14H19FN4O2/c1-5-12(20)18-7-14(15,8-18)13(21)16-11-6-10(4)17-19(11)9(2)3/h5-6,9H,1,7-8H2,2-4H3,(H,16,21). The van der Waals surface area contributed by atoms with Crippen molar-refractivity contribution in [2.75, 3.05) is 18.4 Å². The minimum absolute atomic E-state index is 0.0461. The van der Waals surface area contributed by atoms with Crippen molar-refractivity contribution in [2.24, 2.45) is 0 Å². The van der Waals surface area contributed by atoms with Gasteiger partial charge < -0.3 is 10.2 Å². The number of amides is 2. The van der Waals surface area contributed by atoms with E-state index in [4.69, 9.17) is 0 Å². The Kier molecular flexibility index (Phi) is 3.85. The number of nitrogens with one attached hydrogen (secondary N) is 1. The summed E-state index contributed by atoms with van der Waals surface area (Å²) in [5, 5.41) is 6.80. The van der Waals surface area contributed by atoms with Crippen LogP contribution in [-0.2, 0) is 9.59 Å². The van der Waals surface area contributed by atoms with Crippen LogP contribution in [0.4, 0.5) is 10.2 Å². The van der Waals surface area contributed by atoms with Crippen molar-refractivity contribution in [3.05, 3.63) is 24.4 Å². The van der Waals surface area contributed by atoms with Crippen molar-refractivity contribution < 1.29 is 14.0 Å². The molecule has 7 heteroatoms. The van der Waals surface area contributed by atoms with Crippen molar-refractivity contribution in [1.29, 1.82) is 0 Å². The molecule has 1 aliphatic heterocycles. The summed E-state index contributed by atoms with van der Waals surface area (Å²) in [5.41, 5.74) is -1.32. The fourth-order valence-corrected chi connectivity index (χ4v) is 2.22. The Hall–Kier alpha value is -2.18. The maximum absolute atomic E-state index is 14.4. The van der Waals surface area contributed by atoms with Crippen LogP contribution in [0.3, 0.4) is 0 Å². The number of carbonyl (C=O) groups is 2. The SMILES string of the molecule is C=CC(=O)N1CC(F)(C(=O)Nc2cc(C)nn2C(C)C)C1. The van der Waals surface area contributed by atoms with Crippen LogP contribution in [0.2, 0.25) is 0 Å². The largest absolute Gasteiger partial charge is 0.331 e. The molecule has 2 rings (SSSR count). The van der Waals surface area contributed by atoms with Crippen LogP contribution in [0.25, 0.3) is 0 Å². The number of hydrogen-bond donors (Lipinski definition) is 1. The molecule has 1 N–H and O–H groups in total. The molecular weight excluding hydrogens is 275 g/mol. The van der Waals surface area contributed by atoms with E-state index in [-0.39, 0.29) is 25.0 Å². The zero-order chi connectivity index (χ0) is 15.8. The maximum Gasteiger partial charge on any atom is 0.266 e. The van der Waals surface area contributed by atoms with Gasteiger partial charge in [0.2, 0.25) is 11.6 Å². The predicted octanol–water partition coefficient (Wildman–Crippen LogP) is 1.45. The fraction of sp³-hybridized carbons (Fsp3) is 0.500. The molecule has 1 aromatic rings. The van der Waals surface area contributed by atoms with E-state index in [0.29, 0.717) is 5.82 Å². The molecule has 0 bridgehead atoms. The molecule has 6 nitrogen and oxygen atoms in total. The van der Waals surface area contributed by atoms with E-state index >= 15 is 0 Å². The quantitative estimate of drug-likeness (QED) is 0.855. The lowest BCUT2D eigenvalue weighted by Gasteiger charge is -2.42. The number of halogens is 1. The Balaban J connectivity index is 2.06. The van der Waals surface area contributed by atoms with Gasteiger partial charge in [0.15, 0.2) is 0 Å². The molecule has 0 spiro atoms. The molecule has 0 atom stereocenters. The highest BCUT2D eigenvalue weighted by Crippen LogP contribution is 2.28. The van der Waals surface area contributed by atoms with Gasteiger partial charge in [-0.05, 0) is 26.8 Å². The molecule has 2 amide bonds. The highest BCUT2D eigenvalue weighted by Gasteiger charge is 2.51. The fourth-order valence-electron chi connectivity index (χ4n) is 2.22. The Morgan fingerprint density at radius 1 is 1.52 bits per heavy atom. The molecule has 0 aromatic carbocycles. The number of anilines is 1. The molecule has 0 aliphatic carbocycles. The maximum atomic E-state index is 14.4. The summed E-state index contributed by atoms with van der Waals surface area (Å²) in [5.74, 6) is -0.672. The topological polar surface area (TPSA) is 67.2 Å². The lowest BCUT2D eigenvalue weighted by Crippen LogP contribution is -2.66. The normalized spacial score (nSPS) is 16.5. The third kappa shape index (κ3) is 2.81. The Bertz CT molecular complexity index is 588. The van der Waals surface area contributed by atoms with Crippen LogP contribution < -0.4 is 5.32 Å². The zero-order valence-corrected chi connectivity index (χ0v) is 12.4. The van der Waals surface area contributed by atoms with E-state index in [1.165, 1.54) is 4.90 Å². The number of rotatable bonds is 4. The average molecular weight is 294 g/mol. The van der Waals surface area contributed by atoms with Gasteiger partial charge in [0, 0.05) is 12.1 Å². The highest BCUT2D eigenvalue weighted by molar-refractivity contribution is 6.00. The second-order valence-electron chi connectivity index (χ2n) is 5.53. The number of aryl methyl sites for hydroxylation is 1. The van der Waals surface area contributed by atoms with E-state index in [9.17, 15) is 14.0 Å². The summed E-state index contributed by atoms with van der Waals surface area (Å²) in [6.45, 7) is 8.46. The summed E-state index contributed by atoms with van der Waals surface area (Å²) < 4.78 is 16.0. The van der Waals surface area contributed by atoms with Gasteiger partial charge in [-0.3, -0.25) is 9.59 Å². The predicted molar refractivity (Wildman–Crippen MR) is 76.6 cm³/mol. The van der Waals surface area contributed by atoms with Crippen molar-refractivity contribution in [3.63, 3.8) is 0 Å². The first-order valence-electron chi connectivity index (χ1n) is 6.74. The van der Waals surface area contributed by atoms with E-state index in [0.717, 1.165) is 11.8 Å². The molecule has 0 saturated carbocycles. The van der Waals surface area contributed by atoms with Crippen LogP contribution in [0.1, 0.15) is 25.6 Å². The van der Waals surface area contributed by atoms with Crippen molar-refractivity contribution in [3.8, 4) is 0 Å². The van der Waals surface area contributed by atoms with Gasteiger partial charge in [0.1, 0.15) is 5.82 Å². The molecular formula is C14H19FN4O2. The number of likely N-dealkylation sites (tertiary alicyclic amines) is 1. The van der Waals surface area contributed by atoms with E-state index in [1.807, 2.05) is 13.8 Å².